The minimum atomic E-state index is 0.895. The van der Waals surface area contributed by atoms with Crippen LogP contribution in [0.1, 0.15) is 0 Å². The van der Waals surface area contributed by atoms with Crippen molar-refractivity contribution in [2.24, 2.45) is 7.05 Å². The molecule has 0 amide bonds. The molecule has 0 N–H and O–H groups in total. The Labute approximate surface area is 150 Å². The largest absolute Gasteiger partial charge is 0.333 e. The first-order valence-corrected chi connectivity index (χ1v) is 8.52. The van der Waals surface area contributed by atoms with Crippen LogP contribution in [-0.2, 0) is 7.05 Å². The number of rotatable bonds is 2. The third kappa shape index (κ3) is 2.43. The van der Waals surface area contributed by atoms with Crippen molar-refractivity contribution in [1.29, 1.82) is 0 Å². The zero-order valence-electron chi connectivity index (χ0n) is 14.3. The van der Waals surface area contributed by atoms with Gasteiger partial charge in [-0.05, 0) is 24.3 Å². The number of aromatic nitrogens is 4. The lowest BCUT2D eigenvalue weighted by Gasteiger charge is -2.03. The van der Waals surface area contributed by atoms with Crippen LogP contribution in [0.3, 0.4) is 0 Å². The molecular weight excluding hydrogens is 320 g/mol. The van der Waals surface area contributed by atoms with Crippen LogP contribution in [0.5, 0.6) is 0 Å². The number of aryl methyl sites for hydroxylation is 1. The summed E-state index contributed by atoms with van der Waals surface area (Å²) in [6, 6.07) is 20.5. The summed E-state index contributed by atoms with van der Waals surface area (Å²) in [5.74, 6) is 0.895. The fourth-order valence-corrected chi connectivity index (χ4v) is 3.28. The van der Waals surface area contributed by atoms with E-state index >= 15 is 0 Å². The molecule has 5 aromatic rings. The van der Waals surface area contributed by atoms with Crippen LogP contribution in [0, 0.1) is 0 Å². The van der Waals surface area contributed by atoms with Crippen LogP contribution in [0.2, 0.25) is 0 Å². The molecule has 0 spiro atoms. The molecule has 0 atom stereocenters. The van der Waals surface area contributed by atoms with E-state index in [9.17, 15) is 0 Å². The number of nitrogens with zero attached hydrogens (tertiary/aromatic N) is 4. The standard InChI is InChI=1S/C22H16N4/c1-26-14-21(17-10-15-6-2-4-8-19(15)23-12-17)25-22(26)18-11-16-7-3-5-9-20(16)24-13-18/h2-14H,1H3. The van der Waals surface area contributed by atoms with Gasteiger partial charge in [0.25, 0.3) is 0 Å². The summed E-state index contributed by atoms with van der Waals surface area (Å²) in [5.41, 5.74) is 4.91. The molecule has 0 aliphatic heterocycles. The highest BCUT2D eigenvalue weighted by atomic mass is 15.0. The SMILES string of the molecule is Cn1cc(-c2cnc3ccccc3c2)nc1-c1cnc2ccccc2c1. The van der Waals surface area contributed by atoms with Crippen molar-refractivity contribution in [3.8, 4) is 22.6 Å². The molecule has 3 heterocycles. The molecule has 0 unspecified atom stereocenters. The van der Waals surface area contributed by atoms with Gasteiger partial charge >= 0.3 is 0 Å². The molecule has 0 saturated carbocycles. The number of fused-ring (bicyclic) bond motifs is 2. The van der Waals surface area contributed by atoms with Crippen molar-refractivity contribution in [2.75, 3.05) is 0 Å². The monoisotopic (exact) mass is 336 g/mol. The second-order valence-electron chi connectivity index (χ2n) is 6.39. The lowest BCUT2D eigenvalue weighted by molar-refractivity contribution is 0.924. The average molecular weight is 336 g/mol. The summed E-state index contributed by atoms with van der Waals surface area (Å²) in [4.78, 5) is 14.0. The fourth-order valence-electron chi connectivity index (χ4n) is 3.28. The molecule has 124 valence electrons. The Bertz CT molecular complexity index is 1250. The van der Waals surface area contributed by atoms with Crippen molar-refractivity contribution in [1.82, 2.24) is 19.5 Å². The molecule has 4 nitrogen and oxygen atoms in total. The summed E-state index contributed by atoms with van der Waals surface area (Å²) < 4.78 is 2.04. The lowest BCUT2D eigenvalue weighted by Crippen LogP contribution is -1.92. The smallest absolute Gasteiger partial charge is 0.141 e. The van der Waals surface area contributed by atoms with Gasteiger partial charge < -0.3 is 4.57 Å². The number of imidazole rings is 1. The van der Waals surface area contributed by atoms with Gasteiger partial charge in [0, 0.05) is 47.5 Å². The van der Waals surface area contributed by atoms with Gasteiger partial charge in [0.1, 0.15) is 5.82 Å². The molecule has 0 fully saturated rings. The maximum Gasteiger partial charge on any atom is 0.141 e. The zero-order chi connectivity index (χ0) is 17.5. The van der Waals surface area contributed by atoms with Crippen molar-refractivity contribution >= 4 is 21.8 Å². The Morgan fingerprint density at radius 1 is 0.731 bits per heavy atom. The Hall–Kier alpha value is -3.53. The van der Waals surface area contributed by atoms with Gasteiger partial charge in [0.2, 0.25) is 0 Å². The van der Waals surface area contributed by atoms with Crippen molar-refractivity contribution in [2.45, 2.75) is 0 Å². The van der Waals surface area contributed by atoms with Crippen LogP contribution >= 0.6 is 0 Å². The summed E-state index contributed by atoms with van der Waals surface area (Å²) in [6.07, 6.45) is 5.80. The first kappa shape index (κ1) is 14.8. The third-order valence-electron chi connectivity index (χ3n) is 4.61. The van der Waals surface area contributed by atoms with E-state index in [2.05, 4.69) is 34.2 Å². The molecule has 0 saturated heterocycles. The average Bonchev–Trinajstić information content (AvgIpc) is 3.09. The molecule has 0 radical (unpaired) electrons. The molecule has 4 heteroatoms. The molecule has 0 bridgehead atoms. The maximum atomic E-state index is 4.85. The quantitative estimate of drug-likeness (QED) is 0.463. The second-order valence-corrected chi connectivity index (χ2v) is 6.39. The van der Waals surface area contributed by atoms with E-state index in [1.54, 1.807) is 0 Å². The Morgan fingerprint density at radius 3 is 2.00 bits per heavy atom. The highest BCUT2D eigenvalue weighted by molar-refractivity contribution is 5.84. The van der Waals surface area contributed by atoms with E-state index in [0.29, 0.717) is 0 Å². The van der Waals surface area contributed by atoms with Gasteiger partial charge in [0.05, 0.1) is 16.7 Å². The van der Waals surface area contributed by atoms with E-state index in [4.69, 9.17) is 4.98 Å². The minimum absolute atomic E-state index is 0.895. The Kier molecular flexibility index (Phi) is 3.28. The van der Waals surface area contributed by atoms with Crippen LogP contribution in [0.25, 0.3) is 44.5 Å². The lowest BCUT2D eigenvalue weighted by atomic mass is 10.1. The molecule has 0 aliphatic rings. The zero-order valence-corrected chi connectivity index (χ0v) is 14.3. The van der Waals surface area contributed by atoms with Gasteiger partial charge in [-0.25, -0.2) is 4.98 Å². The van der Waals surface area contributed by atoms with E-state index in [1.807, 2.05) is 66.6 Å². The summed E-state index contributed by atoms with van der Waals surface area (Å²) in [6.45, 7) is 0. The summed E-state index contributed by atoms with van der Waals surface area (Å²) in [7, 11) is 2.01. The molecular formula is C22H16N4. The number of hydrogen-bond acceptors (Lipinski definition) is 3. The molecule has 0 aliphatic carbocycles. The van der Waals surface area contributed by atoms with Gasteiger partial charge in [-0.1, -0.05) is 36.4 Å². The minimum Gasteiger partial charge on any atom is -0.333 e. The van der Waals surface area contributed by atoms with E-state index in [0.717, 1.165) is 44.5 Å². The topological polar surface area (TPSA) is 43.6 Å². The highest BCUT2D eigenvalue weighted by Gasteiger charge is 2.11. The normalized spacial score (nSPS) is 11.3. The molecule has 3 aromatic heterocycles. The predicted molar refractivity (Wildman–Crippen MR) is 105 cm³/mol. The van der Waals surface area contributed by atoms with Gasteiger partial charge in [-0.2, -0.15) is 0 Å². The molecule has 26 heavy (non-hydrogen) atoms. The third-order valence-corrected chi connectivity index (χ3v) is 4.61. The number of benzene rings is 2. The molecule has 5 rings (SSSR count). The van der Waals surface area contributed by atoms with Crippen molar-refractivity contribution in [3.05, 3.63) is 79.3 Å². The Balaban J connectivity index is 1.61. The fraction of sp³-hybridized carbons (Fsp3) is 0.0455. The van der Waals surface area contributed by atoms with E-state index in [1.165, 1.54) is 0 Å². The summed E-state index contributed by atoms with van der Waals surface area (Å²) >= 11 is 0. The van der Waals surface area contributed by atoms with Crippen LogP contribution in [-0.4, -0.2) is 19.5 Å². The number of para-hydroxylation sites is 2. The molecule has 2 aromatic carbocycles. The highest BCUT2D eigenvalue weighted by Crippen LogP contribution is 2.27. The van der Waals surface area contributed by atoms with Crippen molar-refractivity contribution in [3.63, 3.8) is 0 Å². The van der Waals surface area contributed by atoms with Crippen molar-refractivity contribution < 1.29 is 0 Å². The number of hydrogen-bond donors (Lipinski definition) is 0. The van der Waals surface area contributed by atoms with E-state index in [-0.39, 0.29) is 0 Å². The van der Waals surface area contributed by atoms with Gasteiger partial charge in [-0.15, -0.1) is 0 Å². The second kappa shape index (κ2) is 5.77. The van der Waals surface area contributed by atoms with Crippen LogP contribution in [0.15, 0.2) is 79.3 Å². The first-order chi connectivity index (χ1) is 12.8. The summed E-state index contributed by atoms with van der Waals surface area (Å²) in [5, 5.41) is 2.23. The Morgan fingerprint density at radius 2 is 1.31 bits per heavy atom. The van der Waals surface area contributed by atoms with Gasteiger partial charge in [0.15, 0.2) is 0 Å². The van der Waals surface area contributed by atoms with Gasteiger partial charge in [-0.3, -0.25) is 9.97 Å². The predicted octanol–water partition coefficient (Wildman–Crippen LogP) is 4.85. The maximum absolute atomic E-state index is 4.85. The van der Waals surface area contributed by atoms with Crippen LogP contribution in [0.4, 0.5) is 0 Å². The number of pyridine rings is 2. The first-order valence-electron chi connectivity index (χ1n) is 8.52. The van der Waals surface area contributed by atoms with Crippen LogP contribution < -0.4 is 0 Å². The van der Waals surface area contributed by atoms with E-state index < -0.39 is 0 Å².